The van der Waals surface area contributed by atoms with Crippen molar-refractivity contribution < 1.29 is 0 Å². The van der Waals surface area contributed by atoms with Gasteiger partial charge in [-0.05, 0) is 110 Å². The van der Waals surface area contributed by atoms with Crippen molar-refractivity contribution in [2.45, 2.75) is 45.4 Å². The van der Waals surface area contributed by atoms with Crippen molar-refractivity contribution in [1.29, 1.82) is 0 Å². The van der Waals surface area contributed by atoms with E-state index in [4.69, 9.17) is 0 Å². The predicted molar refractivity (Wildman–Crippen MR) is 283 cm³/mol. The van der Waals surface area contributed by atoms with Gasteiger partial charge in [0.05, 0.1) is 11.2 Å². The van der Waals surface area contributed by atoms with E-state index >= 15 is 0 Å². The molecule has 0 bridgehead atoms. The van der Waals surface area contributed by atoms with Gasteiger partial charge < -0.3 is 14.8 Å². The van der Waals surface area contributed by atoms with E-state index in [0.717, 1.165) is 29.9 Å². The Bertz CT molecular complexity index is 3740. The van der Waals surface area contributed by atoms with Gasteiger partial charge in [-0.3, -0.25) is 0 Å². The first kappa shape index (κ1) is 38.4. The standard InChI is InChI=1S/C60H48BN3S/c1-34-27-51(35-15-9-8-10-16-35)63(7)52-33-54-49(29-42(34)52)61-57-40(25-26-41-45-31-56-46(30-53(45)64(54)58(41)57)39-18-12-14-20-55(39)65-56)44-28-43-38-17-11-13-19-47(38)60(5,6)48(43)32-50(44)62-37-23-21-36(22-24-37)59(2,3)4/h8-33,61-62H,1H2,2-7H3. The lowest BCUT2D eigenvalue weighted by atomic mass is 9.58. The van der Waals surface area contributed by atoms with Gasteiger partial charge in [0, 0.05) is 82.8 Å². The average molecular weight is 854 g/mol. The molecule has 0 saturated heterocycles. The number of nitrogens with one attached hydrogen (secondary N) is 1. The maximum Gasteiger partial charge on any atom is 0.198 e. The Labute approximate surface area is 385 Å². The average Bonchev–Trinajstić information content (AvgIpc) is 3.91. The first-order valence-electron chi connectivity index (χ1n) is 22.9. The molecule has 13 rings (SSSR count). The molecule has 0 spiro atoms. The summed E-state index contributed by atoms with van der Waals surface area (Å²) in [5, 5.41) is 9.21. The largest absolute Gasteiger partial charge is 0.355 e. The van der Waals surface area contributed by atoms with Crippen molar-refractivity contribution >= 4 is 99.9 Å². The van der Waals surface area contributed by atoms with Gasteiger partial charge in [-0.15, -0.1) is 11.3 Å². The van der Waals surface area contributed by atoms with Crippen molar-refractivity contribution in [3.05, 3.63) is 192 Å². The predicted octanol–water partition coefficient (Wildman–Crippen LogP) is 14.4. The number of thiophene rings is 1. The van der Waals surface area contributed by atoms with Gasteiger partial charge in [0.15, 0.2) is 7.28 Å². The van der Waals surface area contributed by atoms with Crippen molar-refractivity contribution in [3.8, 4) is 27.9 Å². The maximum absolute atomic E-state index is 4.68. The smallest absolute Gasteiger partial charge is 0.198 e. The van der Waals surface area contributed by atoms with E-state index in [0.29, 0.717) is 0 Å². The topological polar surface area (TPSA) is 20.2 Å². The SMILES string of the molecule is C=C1C=C(c2ccccc2)N(C)c2cc3c(cc21)Bc1c(-c2cc4c(cc2Nc2ccc(C(C)(C)C)cc2)C(C)(C)c2ccccc2-4)ccc2c4cc5sc6ccccc6c5cc4n-3c12. The molecule has 0 saturated carbocycles. The van der Waals surface area contributed by atoms with Gasteiger partial charge in [0.1, 0.15) is 0 Å². The normalized spacial score (nSPS) is 14.6. The molecule has 0 amide bonds. The van der Waals surface area contributed by atoms with E-state index in [1.807, 2.05) is 11.3 Å². The van der Waals surface area contributed by atoms with Crippen LogP contribution in [0.5, 0.6) is 0 Å². The number of anilines is 3. The molecule has 3 aliphatic rings. The molecule has 65 heavy (non-hydrogen) atoms. The summed E-state index contributed by atoms with van der Waals surface area (Å²) in [5.41, 5.74) is 23.5. The van der Waals surface area contributed by atoms with E-state index in [1.54, 1.807) is 0 Å². The van der Waals surface area contributed by atoms with E-state index in [1.165, 1.54) is 114 Å². The monoisotopic (exact) mass is 853 g/mol. The number of fused-ring (bicyclic) bond motifs is 12. The second-order valence-electron chi connectivity index (χ2n) is 20.0. The van der Waals surface area contributed by atoms with E-state index in [-0.39, 0.29) is 10.8 Å². The van der Waals surface area contributed by atoms with Gasteiger partial charge in [0.2, 0.25) is 0 Å². The molecule has 312 valence electrons. The number of aromatic nitrogens is 1. The van der Waals surface area contributed by atoms with Crippen LogP contribution in [-0.2, 0) is 10.8 Å². The van der Waals surface area contributed by atoms with Crippen LogP contribution in [0.1, 0.15) is 62.4 Å². The fourth-order valence-electron chi connectivity index (χ4n) is 11.4. The lowest BCUT2D eigenvalue weighted by Crippen LogP contribution is -2.38. The molecular formula is C60H48BN3S. The Kier molecular flexibility index (Phi) is 7.96. The van der Waals surface area contributed by atoms with Crippen LogP contribution in [0.15, 0.2) is 164 Å². The summed E-state index contributed by atoms with van der Waals surface area (Å²) in [5.74, 6) is 0. The van der Waals surface area contributed by atoms with Gasteiger partial charge in [0.25, 0.3) is 0 Å². The summed E-state index contributed by atoms with van der Waals surface area (Å²) in [6.07, 6.45) is 2.25. The minimum atomic E-state index is -0.138. The third-order valence-electron chi connectivity index (χ3n) is 14.8. The molecule has 1 N–H and O–H groups in total. The minimum absolute atomic E-state index is 0.0730. The molecule has 10 aromatic rings. The highest BCUT2D eigenvalue weighted by Gasteiger charge is 2.37. The highest BCUT2D eigenvalue weighted by molar-refractivity contribution is 7.25. The summed E-state index contributed by atoms with van der Waals surface area (Å²) in [6.45, 7) is 16.3. The van der Waals surface area contributed by atoms with Gasteiger partial charge >= 0.3 is 0 Å². The molecule has 2 aliphatic heterocycles. The fourth-order valence-corrected chi connectivity index (χ4v) is 12.5. The highest BCUT2D eigenvalue weighted by atomic mass is 32.1. The molecule has 1 aliphatic carbocycles. The summed E-state index contributed by atoms with van der Waals surface area (Å²) >= 11 is 1.89. The Morgan fingerprint density at radius 2 is 1.38 bits per heavy atom. The molecule has 8 aromatic carbocycles. The molecular weight excluding hydrogens is 806 g/mol. The molecule has 4 heterocycles. The number of rotatable bonds is 4. The zero-order valence-electron chi connectivity index (χ0n) is 37.7. The summed E-state index contributed by atoms with van der Waals surface area (Å²) < 4.78 is 5.26. The zero-order chi connectivity index (χ0) is 44.1. The first-order valence-corrected chi connectivity index (χ1v) is 23.7. The quantitative estimate of drug-likeness (QED) is 0.178. The lowest BCUT2D eigenvalue weighted by molar-refractivity contribution is 0.590. The highest BCUT2D eigenvalue weighted by Crippen LogP contribution is 2.52. The molecule has 0 atom stereocenters. The van der Waals surface area contributed by atoms with Crippen molar-refractivity contribution in [3.63, 3.8) is 0 Å². The summed E-state index contributed by atoms with van der Waals surface area (Å²) in [7, 11) is 3.00. The molecule has 0 fully saturated rings. The van der Waals surface area contributed by atoms with Crippen molar-refractivity contribution in [1.82, 2.24) is 4.57 Å². The molecule has 0 unspecified atom stereocenters. The number of allylic oxidation sites excluding steroid dienone is 2. The van der Waals surface area contributed by atoms with Crippen LogP contribution in [-0.4, -0.2) is 18.9 Å². The van der Waals surface area contributed by atoms with Gasteiger partial charge in [-0.2, -0.15) is 0 Å². The summed E-state index contributed by atoms with van der Waals surface area (Å²) in [6, 6.07) is 57.2. The molecule has 0 radical (unpaired) electrons. The van der Waals surface area contributed by atoms with Crippen LogP contribution in [0.3, 0.4) is 0 Å². The van der Waals surface area contributed by atoms with Crippen LogP contribution >= 0.6 is 11.3 Å². The van der Waals surface area contributed by atoms with E-state index in [9.17, 15) is 0 Å². The number of hydrogen-bond donors (Lipinski definition) is 1. The molecule has 5 heteroatoms. The van der Waals surface area contributed by atoms with Crippen LogP contribution < -0.4 is 21.1 Å². The Hall–Kier alpha value is -7.08. The number of hydrogen-bond acceptors (Lipinski definition) is 3. The molecule has 2 aromatic heterocycles. The third-order valence-corrected chi connectivity index (χ3v) is 16.0. The van der Waals surface area contributed by atoms with Crippen molar-refractivity contribution in [2.24, 2.45) is 0 Å². The van der Waals surface area contributed by atoms with E-state index < -0.39 is 0 Å². The minimum Gasteiger partial charge on any atom is -0.355 e. The van der Waals surface area contributed by atoms with Crippen LogP contribution in [0.4, 0.5) is 17.1 Å². The van der Waals surface area contributed by atoms with Crippen molar-refractivity contribution in [2.75, 3.05) is 17.3 Å². The first-order chi connectivity index (χ1) is 31.4. The van der Waals surface area contributed by atoms with Crippen LogP contribution in [0.25, 0.3) is 81.2 Å². The Morgan fingerprint density at radius 1 is 0.615 bits per heavy atom. The Morgan fingerprint density at radius 3 is 2.20 bits per heavy atom. The summed E-state index contributed by atoms with van der Waals surface area (Å²) in [4.78, 5) is 2.36. The Balaban J connectivity index is 1.08. The fraction of sp³-hybridized carbons (Fsp3) is 0.133. The second-order valence-corrected chi connectivity index (χ2v) is 21.1. The number of nitrogens with zero attached hydrogens (tertiary/aromatic N) is 2. The van der Waals surface area contributed by atoms with Crippen LogP contribution in [0, 0.1) is 0 Å². The third kappa shape index (κ3) is 5.55. The number of benzene rings is 8. The van der Waals surface area contributed by atoms with Gasteiger partial charge in [-0.1, -0.05) is 150 Å². The maximum atomic E-state index is 4.68. The zero-order valence-corrected chi connectivity index (χ0v) is 38.5. The molecule has 3 nitrogen and oxygen atoms in total. The van der Waals surface area contributed by atoms with Gasteiger partial charge in [-0.25, -0.2) is 0 Å². The second kappa shape index (κ2) is 13.5. The van der Waals surface area contributed by atoms with Crippen LogP contribution in [0.2, 0.25) is 0 Å². The van der Waals surface area contributed by atoms with E-state index in [2.05, 4.69) is 221 Å². The lowest BCUT2D eigenvalue weighted by Gasteiger charge is -2.33.